The molecule has 0 aliphatic rings. The van der Waals surface area contributed by atoms with Gasteiger partial charge >= 0.3 is 5.97 Å². The number of fused-ring (bicyclic) bond motifs is 1. The predicted octanol–water partition coefficient (Wildman–Crippen LogP) is 4.45. The van der Waals surface area contributed by atoms with Gasteiger partial charge in [-0.15, -0.1) is 0 Å². The fourth-order valence-electron chi connectivity index (χ4n) is 3.12. The summed E-state index contributed by atoms with van der Waals surface area (Å²) in [5, 5.41) is 4.84. The van der Waals surface area contributed by atoms with E-state index in [1.807, 2.05) is 36.4 Å². The van der Waals surface area contributed by atoms with Crippen LogP contribution < -0.4 is 19.5 Å². The molecule has 3 aromatic carbocycles. The van der Waals surface area contributed by atoms with Crippen molar-refractivity contribution < 1.29 is 28.5 Å². The van der Waals surface area contributed by atoms with Crippen molar-refractivity contribution in [1.82, 2.24) is 0 Å². The number of amides is 1. The van der Waals surface area contributed by atoms with Gasteiger partial charge in [0.15, 0.2) is 17.6 Å². The van der Waals surface area contributed by atoms with E-state index in [-0.39, 0.29) is 0 Å². The first-order valence-electron chi connectivity index (χ1n) is 9.93. The van der Waals surface area contributed by atoms with Gasteiger partial charge in [-0.2, -0.15) is 0 Å². The van der Waals surface area contributed by atoms with E-state index in [0.717, 1.165) is 10.8 Å². The molecule has 3 aromatic rings. The Bertz CT molecular complexity index is 1150. The average Bonchev–Trinajstić information content (AvgIpc) is 2.81. The van der Waals surface area contributed by atoms with Gasteiger partial charge in [0.2, 0.25) is 0 Å². The van der Waals surface area contributed by atoms with Crippen LogP contribution in [0.2, 0.25) is 0 Å². The summed E-state index contributed by atoms with van der Waals surface area (Å²) in [7, 11) is 4.55. The van der Waals surface area contributed by atoms with Crippen LogP contribution in [-0.2, 0) is 14.3 Å². The zero-order chi connectivity index (χ0) is 23.1. The summed E-state index contributed by atoms with van der Waals surface area (Å²) in [6.07, 6.45) is 1.77. The minimum atomic E-state index is -0.981. The number of carbonyl (C=O) groups excluding carboxylic acids is 2. The zero-order valence-corrected chi connectivity index (χ0v) is 18.4. The van der Waals surface area contributed by atoms with Crippen LogP contribution in [0.5, 0.6) is 17.2 Å². The molecule has 7 heteroatoms. The first kappa shape index (κ1) is 22.7. The molecule has 0 spiro atoms. The molecule has 0 radical (unpaired) electrons. The maximum absolute atomic E-state index is 12.4. The third-order valence-electron chi connectivity index (χ3n) is 4.81. The van der Waals surface area contributed by atoms with Gasteiger partial charge in [0.05, 0.1) is 21.3 Å². The number of hydrogen-bond donors (Lipinski definition) is 1. The molecule has 0 aliphatic carbocycles. The highest BCUT2D eigenvalue weighted by Crippen LogP contribution is 2.35. The largest absolute Gasteiger partial charge is 0.496 e. The monoisotopic (exact) mass is 435 g/mol. The topological polar surface area (TPSA) is 83.1 Å². The molecule has 32 heavy (non-hydrogen) atoms. The molecule has 1 atom stereocenters. The highest BCUT2D eigenvalue weighted by molar-refractivity contribution is 5.98. The summed E-state index contributed by atoms with van der Waals surface area (Å²) in [5.74, 6) is 0.398. The summed E-state index contributed by atoms with van der Waals surface area (Å²) in [5.41, 5.74) is 1.22. The molecule has 1 N–H and O–H groups in total. The second-order valence-corrected chi connectivity index (χ2v) is 6.91. The van der Waals surface area contributed by atoms with E-state index < -0.39 is 18.0 Å². The number of rotatable bonds is 8. The van der Waals surface area contributed by atoms with Crippen LogP contribution in [0.3, 0.4) is 0 Å². The van der Waals surface area contributed by atoms with E-state index in [0.29, 0.717) is 28.5 Å². The van der Waals surface area contributed by atoms with Crippen molar-refractivity contribution >= 4 is 34.4 Å². The first-order chi connectivity index (χ1) is 15.4. The molecule has 7 nitrogen and oxygen atoms in total. The van der Waals surface area contributed by atoms with E-state index in [4.69, 9.17) is 18.9 Å². The predicted molar refractivity (Wildman–Crippen MR) is 123 cm³/mol. The Labute approximate surface area is 186 Å². The number of carbonyl (C=O) groups is 2. The summed E-state index contributed by atoms with van der Waals surface area (Å²) < 4.78 is 21.1. The standard InChI is InChI=1S/C25H25NO6/c1-16(25(28)26-20-11-9-17-7-5-6-8-18(17)13-20)32-24(27)12-10-19-14-22(30-3)23(31-4)15-21(19)29-2/h5-16H,1-4H3,(H,26,28)/b12-10+. The number of benzene rings is 3. The zero-order valence-electron chi connectivity index (χ0n) is 18.4. The van der Waals surface area contributed by atoms with Gasteiger partial charge in [-0.05, 0) is 42.0 Å². The molecule has 0 heterocycles. The van der Waals surface area contributed by atoms with Crippen molar-refractivity contribution in [2.75, 3.05) is 26.6 Å². The summed E-state index contributed by atoms with van der Waals surface area (Å²) in [6.45, 7) is 1.51. The van der Waals surface area contributed by atoms with Crippen LogP contribution in [0.4, 0.5) is 5.69 Å². The quantitative estimate of drug-likeness (QED) is 0.416. The Balaban J connectivity index is 1.64. The van der Waals surface area contributed by atoms with Gasteiger partial charge in [-0.3, -0.25) is 4.79 Å². The van der Waals surface area contributed by atoms with E-state index in [2.05, 4.69) is 5.32 Å². The second kappa shape index (κ2) is 10.3. The number of methoxy groups -OCH3 is 3. The smallest absolute Gasteiger partial charge is 0.331 e. The van der Waals surface area contributed by atoms with Gasteiger partial charge in [-0.25, -0.2) is 4.79 Å². The maximum Gasteiger partial charge on any atom is 0.331 e. The lowest BCUT2D eigenvalue weighted by Crippen LogP contribution is -2.29. The van der Waals surface area contributed by atoms with Crippen molar-refractivity contribution in [2.24, 2.45) is 0 Å². The van der Waals surface area contributed by atoms with Gasteiger partial charge in [0.25, 0.3) is 5.91 Å². The third-order valence-corrected chi connectivity index (χ3v) is 4.81. The van der Waals surface area contributed by atoms with Crippen molar-refractivity contribution in [3.8, 4) is 17.2 Å². The lowest BCUT2D eigenvalue weighted by molar-refractivity contribution is -0.148. The fraction of sp³-hybridized carbons (Fsp3) is 0.200. The van der Waals surface area contributed by atoms with Crippen molar-refractivity contribution in [3.05, 3.63) is 66.2 Å². The van der Waals surface area contributed by atoms with Gasteiger partial charge < -0.3 is 24.3 Å². The molecule has 0 aliphatic heterocycles. The van der Waals surface area contributed by atoms with Gasteiger partial charge in [0.1, 0.15) is 5.75 Å². The fourth-order valence-corrected chi connectivity index (χ4v) is 3.12. The van der Waals surface area contributed by atoms with Crippen LogP contribution in [0.1, 0.15) is 12.5 Å². The van der Waals surface area contributed by atoms with Crippen molar-refractivity contribution in [2.45, 2.75) is 13.0 Å². The number of nitrogens with one attached hydrogen (secondary N) is 1. The van der Waals surface area contributed by atoms with Gasteiger partial charge in [0, 0.05) is 23.4 Å². The average molecular weight is 435 g/mol. The van der Waals surface area contributed by atoms with Crippen LogP contribution >= 0.6 is 0 Å². The van der Waals surface area contributed by atoms with Crippen LogP contribution in [0.15, 0.2) is 60.7 Å². The normalized spacial score (nSPS) is 11.8. The van der Waals surface area contributed by atoms with E-state index in [1.54, 1.807) is 18.2 Å². The van der Waals surface area contributed by atoms with Crippen molar-refractivity contribution in [3.63, 3.8) is 0 Å². The Morgan fingerprint density at radius 1 is 0.844 bits per heavy atom. The Kier molecular flexibility index (Phi) is 7.33. The second-order valence-electron chi connectivity index (χ2n) is 6.91. The Hall–Kier alpha value is -4.00. The molecule has 0 saturated heterocycles. The Morgan fingerprint density at radius 2 is 1.50 bits per heavy atom. The summed E-state index contributed by atoms with van der Waals surface area (Å²) in [6, 6.07) is 16.8. The molecule has 1 unspecified atom stereocenters. The van der Waals surface area contributed by atoms with E-state index in [1.165, 1.54) is 40.4 Å². The van der Waals surface area contributed by atoms with Crippen molar-refractivity contribution in [1.29, 1.82) is 0 Å². The molecule has 0 bridgehead atoms. The highest BCUT2D eigenvalue weighted by atomic mass is 16.5. The Morgan fingerprint density at radius 3 is 2.19 bits per heavy atom. The van der Waals surface area contributed by atoms with Crippen LogP contribution in [0, 0.1) is 0 Å². The molecule has 0 saturated carbocycles. The third kappa shape index (κ3) is 5.37. The lowest BCUT2D eigenvalue weighted by Gasteiger charge is -2.13. The lowest BCUT2D eigenvalue weighted by atomic mass is 10.1. The van der Waals surface area contributed by atoms with Crippen LogP contribution in [-0.4, -0.2) is 39.3 Å². The minimum absolute atomic E-state index is 0.425. The molecule has 1 amide bonds. The summed E-state index contributed by atoms with van der Waals surface area (Å²) in [4.78, 5) is 24.7. The van der Waals surface area contributed by atoms with E-state index in [9.17, 15) is 9.59 Å². The molecular formula is C25H25NO6. The molecule has 3 rings (SSSR count). The number of hydrogen-bond acceptors (Lipinski definition) is 6. The summed E-state index contributed by atoms with van der Waals surface area (Å²) >= 11 is 0. The minimum Gasteiger partial charge on any atom is -0.496 e. The maximum atomic E-state index is 12.4. The molecule has 0 fully saturated rings. The van der Waals surface area contributed by atoms with Gasteiger partial charge in [-0.1, -0.05) is 30.3 Å². The van der Waals surface area contributed by atoms with Crippen LogP contribution in [0.25, 0.3) is 16.8 Å². The molecule has 0 aromatic heterocycles. The molecular weight excluding hydrogens is 410 g/mol. The molecule has 166 valence electrons. The van der Waals surface area contributed by atoms with E-state index >= 15 is 0 Å². The SMILES string of the molecule is COc1cc(OC)c(OC)cc1/C=C/C(=O)OC(C)C(=O)Nc1ccc2ccccc2c1. The number of esters is 1. The highest BCUT2D eigenvalue weighted by Gasteiger charge is 2.17. The first-order valence-corrected chi connectivity index (χ1v) is 9.93. The number of anilines is 1. The number of ether oxygens (including phenoxy) is 4.